The third-order valence-corrected chi connectivity index (χ3v) is 2.45. The van der Waals surface area contributed by atoms with Gasteiger partial charge in [-0.25, -0.2) is 9.78 Å². The summed E-state index contributed by atoms with van der Waals surface area (Å²) in [4.78, 5) is 14.5. The van der Waals surface area contributed by atoms with Gasteiger partial charge in [0.05, 0.1) is 11.3 Å². The van der Waals surface area contributed by atoms with Gasteiger partial charge in [0, 0.05) is 5.56 Å². The number of aryl methyl sites for hydroxylation is 1. The molecule has 0 bridgehead atoms. The van der Waals surface area contributed by atoms with Gasteiger partial charge in [0.2, 0.25) is 11.7 Å². The number of oxazole rings is 1. The maximum absolute atomic E-state index is 12.8. The number of hydrogen-bond donors (Lipinski definition) is 1. The van der Waals surface area contributed by atoms with Gasteiger partial charge in [0.25, 0.3) is 0 Å². The van der Waals surface area contributed by atoms with E-state index in [-0.39, 0.29) is 17.1 Å². The van der Waals surface area contributed by atoms with Crippen molar-refractivity contribution in [2.45, 2.75) is 13.1 Å². The van der Waals surface area contributed by atoms with Crippen LogP contribution in [0, 0.1) is 6.92 Å². The molecule has 1 N–H and O–H groups in total. The van der Waals surface area contributed by atoms with Crippen molar-refractivity contribution in [2.75, 3.05) is 0 Å². The number of alkyl halides is 3. The van der Waals surface area contributed by atoms with E-state index in [2.05, 4.69) is 4.98 Å². The Hall–Kier alpha value is -2.31. The van der Waals surface area contributed by atoms with E-state index >= 15 is 0 Å². The highest BCUT2D eigenvalue weighted by atomic mass is 19.4. The van der Waals surface area contributed by atoms with E-state index in [0.29, 0.717) is 0 Å². The summed E-state index contributed by atoms with van der Waals surface area (Å²) in [5, 5.41) is 8.80. The third kappa shape index (κ3) is 2.44. The van der Waals surface area contributed by atoms with Gasteiger partial charge < -0.3 is 9.52 Å². The fraction of sp³-hybridized carbons (Fsp3) is 0.167. The molecule has 0 aliphatic carbocycles. The van der Waals surface area contributed by atoms with Gasteiger partial charge in [-0.1, -0.05) is 12.1 Å². The first-order chi connectivity index (χ1) is 8.80. The lowest BCUT2D eigenvalue weighted by molar-refractivity contribution is -0.137. The molecule has 1 aromatic carbocycles. The van der Waals surface area contributed by atoms with Gasteiger partial charge in [-0.15, -0.1) is 0 Å². The van der Waals surface area contributed by atoms with Gasteiger partial charge in [-0.2, -0.15) is 13.2 Å². The molecule has 1 aromatic heterocycles. The van der Waals surface area contributed by atoms with Crippen LogP contribution in [0.3, 0.4) is 0 Å². The largest absolute Gasteiger partial charge is 0.475 e. The normalized spacial score (nSPS) is 11.6. The Morgan fingerprint density at radius 3 is 2.47 bits per heavy atom. The van der Waals surface area contributed by atoms with E-state index < -0.39 is 23.5 Å². The minimum Gasteiger partial charge on any atom is -0.475 e. The van der Waals surface area contributed by atoms with Crippen LogP contribution < -0.4 is 0 Å². The molecular formula is C12H8F3NO3. The summed E-state index contributed by atoms with van der Waals surface area (Å²) >= 11 is 0. The smallest absolute Gasteiger partial charge is 0.417 e. The molecule has 2 rings (SSSR count). The van der Waals surface area contributed by atoms with E-state index in [4.69, 9.17) is 9.52 Å². The summed E-state index contributed by atoms with van der Waals surface area (Å²) in [6, 6.07) is 4.69. The summed E-state index contributed by atoms with van der Waals surface area (Å²) in [6.07, 6.45) is -4.57. The number of halogens is 3. The van der Waals surface area contributed by atoms with Crippen molar-refractivity contribution in [2.24, 2.45) is 0 Å². The predicted molar refractivity (Wildman–Crippen MR) is 58.6 cm³/mol. The van der Waals surface area contributed by atoms with Crippen molar-refractivity contribution in [1.29, 1.82) is 0 Å². The van der Waals surface area contributed by atoms with E-state index in [1.54, 1.807) is 0 Å². The molecule has 0 aliphatic heterocycles. The average molecular weight is 271 g/mol. The molecule has 0 radical (unpaired) electrons. The number of aromatic nitrogens is 1. The molecule has 7 heteroatoms. The molecule has 19 heavy (non-hydrogen) atoms. The van der Waals surface area contributed by atoms with E-state index in [0.717, 1.165) is 6.07 Å². The van der Waals surface area contributed by atoms with Crippen molar-refractivity contribution in [3.8, 4) is 11.5 Å². The van der Waals surface area contributed by atoms with Crippen molar-refractivity contribution in [3.63, 3.8) is 0 Å². The van der Waals surface area contributed by atoms with Crippen molar-refractivity contribution in [3.05, 3.63) is 41.3 Å². The minimum atomic E-state index is -4.57. The molecule has 0 fully saturated rings. The fourth-order valence-electron chi connectivity index (χ4n) is 1.63. The van der Waals surface area contributed by atoms with Crippen LogP contribution in [0.15, 0.2) is 28.7 Å². The maximum atomic E-state index is 12.8. The number of carboxylic acid groups (broad SMARTS) is 1. The number of carboxylic acids is 1. The van der Waals surface area contributed by atoms with Crippen LogP contribution in [0.4, 0.5) is 13.2 Å². The van der Waals surface area contributed by atoms with Gasteiger partial charge in [0.15, 0.2) is 0 Å². The molecule has 0 amide bonds. The molecule has 0 atom stereocenters. The Balaban J connectivity index is 2.60. The standard InChI is InChI=1S/C12H8F3NO3/c1-6-9(11(17)18)19-10(16-6)7-4-2-3-5-8(7)12(13,14)15/h2-5H,1H3,(H,17,18). The van der Waals surface area contributed by atoms with Crippen LogP contribution in [0.25, 0.3) is 11.5 Å². The summed E-state index contributed by atoms with van der Waals surface area (Å²) in [5.74, 6) is -2.20. The Labute approximate surface area is 105 Å². The highest BCUT2D eigenvalue weighted by Gasteiger charge is 2.35. The first-order valence-corrected chi connectivity index (χ1v) is 5.18. The molecule has 100 valence electrons. The lowest BCUT2D eigenvalue weighted by Gasteiger charge is -2.09. The van der Waals surface area contributed by atoms with Gasteiger partial charge >= 0.3 is 12.1 Å². The van der Waals surface area contributed by atoms with Crippen LogP contribution >= 0.6 is 0 Å². The number of rotatable bonds is 2. The SMILES string of the molecule is Cc1nc(-c2ccccc2C(F)(F)F)oc1C(=O)O. The van der Waals surface area contributed by atoms with Gasteiger partial charge in [-0.05, 0) is 19.1 Å². The maximum Gasteiger partial charge on any atom is 0.417 e. The van der Waals surface area contributed by atoms with Crippen LogP contribution in [0.2, 0.25) is 0 Å². The zero-order valence-electron chi connectivity index (χ0n) is 9.65. The predicted octanol–water partition coefficient (Wildman–Crippen LogP) is 3.37. The monoisotopic (exact) mass is 271 g/mol. The summed E-state index contributed by atoms with van der Waals surface area (Å²) < 4.78 is 43.3. The molecule has 4 nitrogen and oxygen atoms in total. The first kappa shape index (κ1) is 13.1. The van der Waals surface area contributed by atoms with Crippen LogP contribution in [-0.2, 0) is 6.18 Å². The van der Waals surface area contributed by atoms with E-state index in [1.165, 1.54) is 25.1 Å². The second kappa shape index (κ2) is 4.42. The third-order valence-electron chi connectivity index (χ3n) is 2.45. The molecule has 0 unspecified atom stereocenters. The number of benzene rings is 1. The Kier molecular flexibility index (Phi) is 3.05. The number of nitrogens with zero attached hydrogens (tertiary/aromatic N) is 1. The lowest BCUT2D eigenvalue weighted by Crippen LogP contribution is -2.06. The van der Waals surface area contributed by atoms with Crippen molar-refractivity contribution >= 4 is 5.97 Å². The molecule has 0 saturated carbocycles. The van der Waals surface area contributed by atoms with E-state index in [1.807, 2.05) is 0 Å². The molecule has 0 spiro atoms. The number of carbonyl (C=O) groups is 1. The molecule has 1 heterocycles. The topological polar surface area (TPSA) is 63.3 Å². The van der Waals surface area contributed by atoms with Crippen molar-refractivity contribution in [1.82, 2.24) is 4.98 Å². The van der Waals surface area contributed by atoms with Gasteiger partial charge in [0.1, 0.15) is 0 Å². The zero-order chi connectivity index (χ0) is 14.2. The first-order valence-electron chi connectivity index (χ1n) is 5.18. The summed E-state index contributed by atoms with van der Waals surface area (Å²) in [6.45, 7) is 1.35. The molecule has 0 saturated heterocycles. The quantitative estimate of drug-likeness (QED) is 0.909. The second-order valence-corrected chi connectivity index (χ2v) is 3.78. The Morgan fingerprint density at radius 1 is 1.32 bits per heavy atom. The van der Waals surface area contributed by atoms with Crippen LogP contribution in [0.1, 0.15) is 21.8 Å². The number of hydrogen-bond acceptors (Lipinski definition) is 3. The highest BCUT2D eigenvalue weighted by molar-refractivity contribution is 5.86. The van der Waals surface area contributed by atoms with Crippen LogP contribution in [0.5, 0.6) is 0 Å². The summed E-state index contributed by atoms with van der Waals surface area (Å²) in [7, 11) is 0. The van der Waals surface area contributed by atoms with Gasteiger partial charge in [-0.3, -0.25) is 0 Å². The summed E-state index contributed by atoms with van der Waals surface area (Å²) in [5.41, 5.74) is -1.18. The fourth-order valence-corrected chi connectivity index (χ4v) is 1.63. The number of aromatic carboxylic acids is 1. The van der Waals surface area contributed by atoms with Crippen molar-refractivity contribution < 1.29 is 27.5 Å². The van der Waals surface area contributed by atoms with E-state index in [9.17, 15) is 18.0 Å². The second-order valence-electron chi connectivity index (χ2n) is 3.78. The Bertz CT molecular complexity index is 631. The molecule has 2 aromatic rings. The highest BCUT2D eigenvalue weighted by Crippen LogP contribution is 2.36. The minimum absolute atomic E-state index is 0.0273. The Morgan fingerprint density at radius 2 is 1.95 bits per heavy atom. The molecular weight excluding hydrogens is 263 g/mol. The van der Waals surface area contributed by atoms with Crippen LogP contribution in [-0.4, -0.2) is 16.1 Å². The lowest BCUT2D eigenvalue weighted by atomic mass is 10.1. The molecule has 0 aliphatic rings. The average Bonchev–Trinajstić information content (AvgIpc) is 2.70. The zero-order valence-corrected chi connectivity index (χ0v) is 9.65.